The van der Waals surface area contributed by atoms with Crippen LogP contribution in [-0.4, -0.2) is 5.11 Å². The van der Waals surface area contributed by atoms with Gasteiger partial charge in [-0.15, -0.1) is 0 Å². The van der Waals surface area contributed by atoms with E-state index in [1.807, 2.05) is 0 Å². The molecule has 1 nitrogen and oxygen atoms in total. The summed E-state index contributed by atoms with van der Waals surface area (Å²) >= 11 is 1.67. The minimum absolute atomic E-state index is 0.263. The lowest BCUT2D eigenvalue weighted by atomic mass is 9.61. The monoisotopic (exact) mass is 238 g/mol. The second-order valence-corrected chi connectivity index (χ2v) is 6.67. The van der Waals surface area contributed by atoms with Crippen LogP contribution in [0.25, 0.3) is 0 Å². The van der Waals surface area contributed by atoms with E-state index in [0.29, 0.717) is 11.8 Å². The van der Waals surface area contributed by atoms with Crippen molar-refractivity contribution in [2.75, 3.05) is 0 Å². The topological polar surface area (TPSA) is 20.2 Å². The van der Waals surface area contributed by atoms with E-state index in [0.717, 1.165) is 5.56 Å². The summed E-state index contributed by atoms with van der Waals surface area (Å²) < 4.78 is 0. The lowest BCUT2D eigenvalue weighted by Crippen LogP contribution is -2.37. The summed E-state index contributed by atoms with van der Waals surface area (Å²) in [5.74, 6) is 1.02. The zero-order valence-electron chi connectivity index (χ0n) is 10.4. The molecule has 2 heteroatoms. The first-order chi connectivity index (χ1) is 7.52. The molecule has 1 aliphatic carbocycles. The number of thiophene rings is 1. The molecule has 90 valence electrons. The Morgan fingerprint density at radius 2 is 2.25 bits per heavy atom. The molecule has 0 aromatic carbocycles. The van der Waals surface area contributed by atoms with Crippen molar-refractivity contribution in [2.24, 2.45) is 17.3 Å². The summed E-state index contributed by atoms with van der Waals surface area (Å²) in [5, 5.41) is 14.7. The summed E-state index contributed by atoms with van der Waals surface area (Å²) in [5.41, 5.74) is 1.37. The molecule has 1 aromatic heterocycles. The second kappa shape index (κ2) is 4.50. The molecule has 1 saturated carbocycles. The first kappa shape index (κ1) is 12.1. The Balaban J connectivity index is 2.23. The maximum atomic E-state index is 10.5. The van der Waals surface area contributed by atoms with Crippen molar-refractivity contribution in [3.63, 3.8) is 0 Å². The van der Waals surface area contributed by atoms with Crippen molar-refractivity contribution in [1.29, 1.82) is 0 Å². The Morgan fingerprint density at radius 3 is 2.81 bits per heavy atom. The van der Waals surface area contributed by atoms with Gasteiger partial charge in [0, 0.05) is 0 Å². The van der Waals surface area contributed by atoms with E-state index in [4.69, 9.17) is 0 Å². The lowest BCUT2D eigenvalue weighted by molar-refractivity contribution is -0.0290. The molecule has 2 rings (SSSR count). The fourth-order valence-electron chi connectivity index (χ4n) is 3.39. The maximum absolute atomic E-state index is 10.5. The quantitative estimate of drug-likeness (QED) is 0.817. The fourth-order valence-corrected chi connectivity index (χ4v) is 4.07. The van der Waals surface area contributed by atoms with Gasteiger partial charge in [-0.1, -0.05) is 33.6 Å². The van der Waals surface area contributed by atoms with Gasteiger partial charge < -0.3 is 5.11 Å². The predicted molar refractivity (Wildman–Crippen MR) is 69.6 cm³/mol. The molecule has 1 aromatic rings. The van der Waals surface area contributed by atoms with Crippen LogP contribution in [-0.2, 0) is 0 Å². The van der Waals surface area contributed by atoms with Gasteiger partial charge in [0.05, 0.1) is 6.10 Å². The number of rotatable bonds is 2. The van der Waals surface area contributed by atoms with Crippen LogP contribution < -0.4 is 0 Å². The lowest BCUT2D eigenvalue weighted by Gasteiger charge is -2.45. The average Bonchev–Trinajstić information content (AvgIpc) is 2.68. The van der Waals surface area contributed by atoms with Gasteiger partial charge in [0.15, 0.2) is 0 Å². The molecule has 1 N–H and O–H groups in total. The zero-order chi connectivity index (χ0) is 11.8. The van der Waals surface area contributed by atoms with Gasteiger partial charge >= 0.3 is 0 Å². The Kier molecular flexibility index (Phi) is 3.41. The predicted octanol–water partition coefficient (Wildman–Crippen LogP) is 4.24. The normalized spacial score (nSPS) is 31.2. The Labute approximate surface area is 103 Å². The van der Waals surface area contributed by atoms with Gasteiger partial charge in [0.25, 0.3) is 0 Å². The summed E-state index contributed by atoms with van der Waals surface area (Å²) in [7, 11) is 0. The van der Waals surface area contributed by atoms with Crippen molar-refractivity contribution in [3.8, 4) is 0 Å². The van der Waals surface area contributed by atoms with Crippen molar-refractivity contribution >= 4 is 11.3 Å². The van der Waals surface area contributed by atoms with E-state index in [9.17, 15) is 5.11 Å². The van der Waals surface area contributed by atoms with Crippen LogP contribution in [0.1, 0.15) is 51.7 Å². The van der Waals surface area contributed by atoms with Crippen LogP contribution in [0, 0.1) is 17.3 Å². The Hall–Kier alpha value is -0.340. The van der Waals surface area contributed by atoms with Crippen LogP contribution >= 0.6 is 11.3 Å². The molecule has 1 aliphatic rings. The third-order valence-corrected chi connectivity index (χ3v) is 4.92. The smallest absolute Gasteiger partial charge is 0.0833 e. The Bertz CT molecular complexity index is 329. The summed E-state index contributed by atoms with van der Waals surface area (Å²) in [6.07, 6.45) is 3.52. The SMILES string of the molecule is C[C@H]1CCCC(C)(C)[C@@H]1C(O)c1ccsc1. The second-order valence-electron chi connectivity index (χ2n) is 5.89. The fraction of sp³-hybridized carbons (Fsp3) is 0.714. The number of hydrogen-bond donors (Lipinski definition) is 1. The van der Waals surface area contributed by atoms with Crippen LogP contribution in [0.4, 0.5) is 0 Å². The highest BCUT2D eigenvalue weighted by Gasteiger charge is 2.41. The molecule has 0 radical (unpaired) electrons. The first-order valence-electron chi connectivity index (χ1n) is 6.22. The molecule has 1 fully saturated rings. The van der Waals surface area contributed by atoms with Gasteiger partial charge in [-0.3, -0.25) is 0 Å². The van der Waals surface area contributed by atoms with Gasteiger partial charge in [0.1, 0.15) is 0 Å². The van der Waals surface area contributed by atoms with E-state index < -0.39 is 0 Å². The van der Waals surface area contributed by atoms with E-state index >= 15 is 0 Å². The van der Waals surface area contributed by atoms with Gasteiger partial charge in [-0.25, -0.2) is 0 Å². The zero-order valence-corrected chi connectivity index (χ0v) is 11.3. The maximum Gasteiger partial charge on any atom is 0.0833 e. The van der Waals surface area contributed by atoms with E-state index in [1.165, 1.54) is 19.3 Å². The van der Waals surface area contributed by atoms with Crippen LogP contribution in [0.15, 0.2) is 16.8 Å². The van der Waals surface area contributed by atoms with Crippen LogP contribution in [0.3, 0.4) is 0 Å². The average molecular weight is 238 g/mol. The highest BCUT2D eigenvalue weighted by atomic mass is 32.1. The molecule has 1 unspecified atom stereocenters. The highest BCUT2D eigenvalue weighted by Crippen LogP contribution is 2.49. The first-order valence-corrected chi connectivity index (χ1v) is 7.17. The standard InChI is InChI=1S/C14H22OS/c1-10-5-4-7-14(2,3)12(10)13(15)11-6-8-16-9-11/h6,8-10,12-13,15H,4-5,7H2,1-3H3/t10-,12-,13?/m0/s1. The van der Waals surface area contributed by atoms with Crippen molar-refractivity contribution in [3.05, 3.63) is 22.4 Å². The minimum atomic E-state index is -0.281. The van der Waals surface area contributed by atoms with Crippen LogP contribution in [0.2, 0.25) is 0 Å². The van der Waals surface area contributed by atoms with Gasteiger partial charge in [-0.05, 0) is 46.1 Å². The van der Waals surface area contributed by atoms with E-state index in [2.05, 4.69) is 37.6 Å². The van der Waals surface area contributed by atoms with Crippen molar-refractivity contribution < 1.29 is 5.11 Å². The molecular weight excluding hydrogens is 216 g/mol. The highest BCUT2D eigenvalue weighted by molar-refractivity contribution is 7.07. The molecule has 0 bridgehead atoms. The number of aliphatic hydroxyl groups is 1. The molecular formula is C14H22OS. The minimum Gasteiger partial charge on any atom is -0.388 e. The molecule has 3 atom stereocenters. The van der Waals surface area contributed by atoms with Crippen LogP contribution in [0.5, 0.6) is 0 Å². The molecule has 1 heterocycles. The van der Waals surface area contributed by atoms with Gasteiger partial charge in [0.2, 0.25) is 0 Å². The van der Waals surface area contributed by atoms with Crippen molar-refractivity contribution in [2.45, 2.75) is 46.1 Å². The number of hydrogen-bond acceptors (Lipinski definition) is 2. The summed E-state index contributed by atoms with van der Waals surface area (Å²) in [6.45, 7) is 6.91. The summed E-state index contributed by atoms with van der Waals surface area (Å²) in [4.78, 5) is 0. The van der Waals surface area contributed by atoms with E-state index in [-0.39, 0.29) is 11.5 Å². The molecule has 16 heavy (non-hydrogen) atoms. The van der Waals surface area contributed by atoms with E-state index in [1.54, 1.807) is 11.3 Å². The Morgan fingerprint density at radius 1 is 1.50 bits per heavy atom. The summed E-state index contributed by atoms with van der Waals surface area (Å²) in [6, 6.07) is 2.06. The molecule has 0 saturated heterocycles. The van der Waals surface area contributed by atoms with Gasteiger partial charge in [-0.2, -0.15) is 11.3 Å². The largest absolute Gasteiger partial charge is 0.388 e. The molecule has 0 aliphatic heterocycles. The third-order valence-electron chi connectivity index (χ3n) is 4.22. The third kappa shape index (κ3) is 2.18. The molecule has 0 spiro atoms. The molecule has 0 amide bonds. The van der Waals surface area contributed by atoms with Crippen molar-refractivity contribution in [1.82, 2.24) is 0 Å². The number of aliphatic hydroxyl groups excluding tert-OH is 1.